The van der Waals surface area contributed by atoms with Crippen molar-refractivity contribution in [3.05, 3.63) is 39.4 Å². The van der Waals surface area contributed by atoms with Gasteiger partial charge in [0.25, 0.3) is 5.91 Å². The molecule has 0 saturated carbocycles. The SMILES string of the molecule is [N-]=[N+]=NC(CC1COCCO1)S(=O)c1c(C(N)=O)[nH]c2ccc(Cl)cc12. The van der Waals surface area contributed by atoms with Gasteiger partial charge in [-0.3, -0.25) is 9.00 Å². The third kappa shape index (κ3) is 3.84. The summed E-state index contributed by atoms with van der Waals surface area (Å²) in [5, 5.41) is 3.60. The van der Waals surface area contributed by atoms with E-state index in [1.807, 2.05) is 0 Å². The van der Waals surface area contributed by atoms with Crippen molar-refractivity contribution < 1.29 is 18.5 Å². The van der Waals surface area contributed by atoms with Crippen LogP contribution in [0.4, 0.5) is 0 Å². The topological polar surface area (TPSA) is 143 Å². The Hall–Kier alpha value is -2.10. The van der Waals surface area contributed by atoms with Gasteiger partial charge in [-0.2, -0.15) is 0 Å². The highest BCUT2D eigenvalue weighted by atomic mass is 35.5. The minimum absolute atomic E-state index is 0.000415. The first-order valence-corrected chi connectivity index (χ1v) is 9.35. The molecule has 0 bridgehead atoms. The Labute approximate surface area is 155 Å². The number of amides is 1. The van der Waals surface area contributed by atoms with Crippen LogP contribution < -0.4 is 5.73 Å². The van der Waals surface area contributed by atoms with E-state index in [0.717, 1.165) is 0 Å². The van der Waals surface area contributed by atoms with E-state index in [1.54, 1.807) is 18.2 Å². The van der Waals surface area contributed by atoms with Gasteiger partial charge in [-0.05, 0) is 30.2 Å². The number of benzene rings is 1. The largest absolute Gasteiger partial charge is 0.376 e. The molecule has 3 N–H and O–H groups in total. The predicted molar refractivity (Wildman–Crippen MR) is 96.3 cm³/mol. The second kappa shape index (κ2) is 8.07. The summed E-state index contributed by atoms with van der Waals surface area (Å²) in [4.78, 5) is 17.6. The summed E-state index contributed by atoms with van der Waals surface area (Å²) in [7, 11) is -1.85. The third-order valence-corrected chi connectivity index (χ3v) is 5.78. The van der Waals surface area contributed by atoms with E-state index in [1.165, 1.54) is 0 Å². The minimum atomic E-state index is -1.85. The van der Waals surface area contributed by atoms with Crippen molar-refractivity contribution in [2.24, 2.45) is 10.8 Å². The lowest BCUT2D eigenvalue weighted by Gasteiger charge is -2.25. The zero-order valence-corrected chi connectivity index (χ0v) is 15.1. The molecule has 2 heterocycles. The molecule has 1 amide bonds. The van der Waals surface area contributed by atoms with Crippen molar-refractivity contribution in [3.63, 3.8) is 0 Å². The first-order chi connectivity index (χ1) is 12.5. The first-order valence-electron chi connectivity index (χ1n) is 7.76. The Morgan fingerprint density at radius 3 is 3.00 bits per heavy atom. The zero-order chi connectivity index (χ0) is 18.7. The molecule has 3 atom stereocenters. The molecule has 138 valence electrons. The van der Waals surface area contributed by atoms with Gasteiger partial charge in [0.2, 0.25) is 0 Å². The number of carbonyl (C=O) groups is 1. The Balaban J connectivity index is 2.02. The Bertz CT molecular complexity index is 905. The second-order valence-corrected chi connectivity index (χ2v) is 7.63. The van der Waals surface area contributed by atoms with E-state index in [2.05, 4.69) is 15.0 Å². The van der Waals surface area contributed by atoms with Crippen LogP contribution in [0.25, 0.3) is 21.3 Å². The van der Waals surface area contributed by atoms with Crippen molar-refractivity contribution in [2.75, 3.05) is 19.8 Å². The number of nitrogens with one attached hydrogen (secondary N) is 1. The van der Waals surface area contributed by atoms with E-state index >= 15 is 0 Å². The average Bonchev–Trinajstić information content (AvgIpc) is 3.00. The van der Waals surface area contributed by atoms with Crippen LogP contribution in [0, 0.1) is 0 Å². The maximum absolute atomic E-state index is 13.2. The number of ether oxygens (including phenoxy) is 2. The van der Waals surface area contributed by atoms with Crippen LogP contribution in [-0.2, 0) is 20.3 Å². The van der Waals surface area contributed by atoms with Crippen LogP contribution >= 0.6 is 11.6 Å². The number of nitrogens with zero attached hydrogens (tertiary/aromatic N) is 3. The highest BCUT2D eigenvalue weighted by molar-refractivity contribution is 7.86. The molecule has 1 aromatic carbocycles. The van der Waals surface area contributed by atoms with E-state index in [-0.39, 0.29) is 23.1 Å². The lowest BCUT2D eigenvalue weighted by molar-refractivity contribution is -0.0904. The quantitative estimate of drug-likeness (QED) is 0.438. The van der Waals surface area contributed by atoms with Crippen molar-refractivity contribution in [3.8, 4) is 0 Å². The number of H-pyrrole nitrogens is 1. The Morgan fingerprint density at radius 2 is 2.35 bits per heavy atom. The van der Waals surface area contributed by atoms with E-state index in [0.29, 0.717) is 35.7 Å². The molecule has 1 aliphatic rings. The summed E-state index contributed by atoms with van der Waals surface area (Å²) in [5.41, 5.74) is 14.9. The Morgan fingerprint density at radius 1 is 1.54 bits per heavy atom. The Kier molecular flexibility index (Phi) is 5.80. The summed E-state index contributed by atoms with van der Waals surface area (Å²) >= 11 is 6.03. The van der Waals surface area contributed by atoms with Gasteiger partial charge >= 0.3 is 0 Å². The number of primary amides is 1. The molecule has 1 aliphatic heterocycles. The van der Waals surface area contributed by atoms with Gasteiger partial charge in [0, 0.05) is 20.8 Å². The smallest absolute Gasteiger partial charge is 0.266 e. The van der Waals surface area contributed by atoms with Gasteiger partial charge in [-0.15, -0.1) is 0 Å². The molecule has 26 heavy (non-hydrogen) atoms. The highest BCUT2D eigenvalue weighted by Crippen LogP contribution is 2.31. The van der Waals surface area contributed by atoms with E-state index < -0.39 is 22.1 Å². The molecule has 2 aromatic rings. The van der Waals surface area contributed by atoms with Crippen LogP contribution in [0.5, 0.6) is 0 Å². The van der Waals surface area contributed by atoms with Gasteiger partial charge in [0.1, 0.15) is 11.1 Å². The molecule has 0 aliphatic carbocycles. The predicted octanol–water partition coefficient (Wildman–Crippen LogP) is 2.47. The molecule has 11 heteroatoms. The summed E-state index contributed by atoms with van der Waals surface area (Å²) in [5.74, 6) is -0.766. The fourth-order valence-corrected chi connectivity index (χ4v) is 4.49. The third-order valence-electron chi connectivity index (χ3n) is 3.94. The molecule has 3 unspecified atom stereocenters. The molecule has 1 saturated heterocycles. The standard InChI is InChI=1S/C15H16ClN5O4S/c16-8-1-2-11-10(5-8)14(13(19-11)15(17)22)26(23)12(20-21-18)6-9-7-24-3-4-25-9/h1-2,5,9,12,19H,3-4,6-7H2,(H2,17,22). The normalized spacial score (nSPS) is 19.7. The average molecular weight is 398 g/mol. The second-order valence-electron chi connectivity index (χ2n) is 5.64. The molecule has 1 aromatic heterocycles. The summed E-state index contributed by atoms with van der Waals surface area (Å²) < 4.78 is 24.1. The lowest BCUT2D eigenvalue weighted by atomic mass is 10.2. The number of aromatic amines is 1. The molecular weight excluding hydrogens is 382 g/mol. The summed E-state index contributed by atoms with van der Waals surface area (Å²) in [6.45, 7) is 1.21. The molecular formula is C15H16ClN5O4S. The van der Waals surface area contributed by atoms with Gasteiger partial charge < -0.3 is 20.2 Å². The number of azide groups is 1. The fourth-order valence-electron chi connectivity index (χ4n) is 2.79. The van der Waals surface area contributed by atoms with Crippen molar-refractivity contribution in [1.82, 2.24) is 4.98 Å². The van der Waals surface area contributed by atoms with Crippen LogP contribution in [0.15, 0.2) is 28.2 Å². The van der Waals surface area contributed by atoms with E-state index in [9.17, 15) is 9.00 Å². The summed E-state index contributed by atoms with van der Waals surface area (Å²) in [6, 6.07) is 4.88. The number of halogens is 1. The molecule has 1 fully saturated rings. The van der Waals surface area contributed by atoms with Crippen molar-refractivity contribution in [2.45, 2.75) is 22.8 Å². The van der Waals surface area contributed by atoms with Gasteiger partial charge in [0.15, 0.2) is 0 Å². The molecule has 9 nitrogen and oxygen atoms in total. The molecule has 3 rings (SSSR count). The number of fused-ring (bicyclic) bond motifs is 1. The van der Waals surface area contributed by atoms with Crippen LogP contribution in [-0.4, -0.2) is 46.4 Å². The van der Waals surface area contributed by atoms with Gasteiger partial charge in [-0.25, -0.2) is 0 Å². The van der Waals surface area contributed by atoms with E-state index in [4.69, 9.17) is 32.3 Å². The van der Waals surface area contributed by atoms with Crippen molar-refractivity contribution >= 4 is 39.2 Å². The maximum atomic E-state index is 13.2. The van der Waals surface area contributed by atoms with Crippen LogP contribution in [0.3, 0.4) is 0 Å². The molecule has 0 spiro atoms. The first kappa shape index (κ1) is 18.7. The molecule has 0 radical (unpaired) electrons. The van der Waals surface area contributed by atoms with Crippen LogP contribution in [0.1, 0.15) is 16.9 Å². The van der Waals surface area contributed by atoms with Crippen molar-refractivity contribution in [1.29, 1.82) is 0 Å². The fraction of sp³-hybridized carbons (Fsp3) is 0.400. The lowest BCUT2D eigenvalue weighted by Crippen LogP contribution is -2.32. The maximum Gasteiger partial charge on any atom is 0.266 e. The number of carbonyl (C=O) groups excluding carboxylic acids is 1. The van der Waals surface area contributed by atoms with Gasteiger partial charge in [0.05, 0.1) is 41.6 Å². The number of rotatable bonds is 6. The van der Waals surface area contributed by atoms with Gasteiger partial charge in [-0.1, -0.05) is 16.7 Å². The minimum Gasteiger partial charge on any atom is -0.376 e. The number of aromatic nitrogens is 1. The highest BCUT2D eigenvalue weighted by Gasteiger charge is 2.29. The summed E-state index contributed by atoms with van der Waals surface area (Å²) in [6.07, 6.45) is -0.170. The number of hydrogen-bond donors (Lipinski definition) is 2. The monoisotopic (exact) mass is 397 g/mol. The number of hydrogen-bond acceptors (Lipinski definition) is 5. The number of nitrogens with two attached hydrogens (primary N) is 1. The zero-order valence-electron chi connectivity index (χ0n) is 13.6. The van der Waals surface area contributed by atoms with Crippen LogP contribution in [0.2, 0.25) is 5.02 Å².